The van der Waals surface area contributed by atoms with E-state index in [0.29, 0.717) is 17.1 Å². The smallest absolute Gasteiger partial charge is 0.362 e. The maximum atomic E-state index is 12.1. The van der Waals surface area contributed by atoms with Crippen molar-refractivity contribution in [2.24, 2.45) is 0 Å². The summed E-state index contributed by atoms with van der Waals surface area (Å²) >= 11 is 0. The number of urea groups is 1. The molecule has 0 spiro atoms. The summed E-state index contributed by atoms with van der Waals surface area (Å²) in [6.07, 6.45) is 1.66. The summed E-state index contributed by atoms with van der Waals surface area (Å²) in [6.45, 7) is 3.55. The molecule has 0 heterocycles. The molecular weight excluding hydrogens is 348 g/mol. The van der Waals surface area contributed by atoms with E-state index in [4.69, 9.17) is 4.74 Å². The Balaban J connectivity index is 2.03. The van der Waals surface area contributed by atoms with Gasteiger partial charge in [0.2, 0.25) is 0 Å². The molecule has 0 aliphatic rings. The van der Waals surface area contributed by atoms with Gasteiger partial charge in [0, 0.05) is 23.0 Å². The number of carbonyl (C=O) groups is 1. The molecule has 0 radical (unpaired) electrons. The highest BCUT2D eigenvalue weighted by molar-refractivity contribution is 6.72. The fourth-order valence-corrected chi connectivity index (χ4v) is 2.95. The minimum absolute atomic E-state index is 0.200. The zero-order chi connectivity index (χ0) is 19.2. The van der Waals surface area contributed by atoms with E-state index in [1.165, 1.54) is 5.70 Å². The van der Waals surface area contributed by atoms with E-state index in [2.05, 4.69) is 10.6 Å². The second kappa shape index (κ2) is 8.66. The third kappa shape index (κ3) is 5.73. The van der Waals surface area contributed by atoms with E-state index in [0.717, 1.165) is 5.56 Å². The Morgan fingerprint density at radius 3 is 2.31 bits per heavy atom. The topological polar surface area (TPSA) is 90.8 Å². The lowest BCUT2D eigenvalue weighted by atomic mass is 10.2. The Morgan fingerprint density at radius 1 is 1.08 bits per heavy atom. The van der Waals surface area contributed by atoms with Gasteiger partial charge in [0.05, 0.1) is 7.11 Å². The van der Waals surface area contributed by atoms with Gasteiger partial charge in [-0.3, -0.25) is 0 Å². The van der Waals surface area contributed by atoms with Crippen molar-refractivity contribution in [3.63, 3.8) is 0 Å². The molecule has 4 N–H and O–H groups in total. The van der Waals surface area contributed by atoms with Gasteiger partial charge in [-0.1, -0.05) is 38.1 Å². The molecule has 0 atom stereocenters. The molecule has 2 rings (SSSR count). The van der Waals surface area contributed by atoms with E-state index in [-0.39, 0.29) is 11.6 Å². The van der Waals surface area contributed by atoms with E-state index in [1.54, 1.807) is 69.5 Å². The van der Waals surface area contributed by atoms with Crippen molar-refractivity contribution in [3.05, 3.63) is 59.8 Å². The lowest BCUT2D eigenvalue weighted by Crippen LogP contribution is -2.35. The van der Waals surface area contributed by atoms with E-state index < -0.39 is 8.56 Å². The Kier molecular flexibility index (Phi) is 6.56. The summed E-state index contributed by atoms with van der Waals surface area (Å²) in [4.78, 5) is 32.1. The first-order valence-corrected chi connectivity index (χ1v) is 10.3. The van der Waals surface area contributed by atoms with Crippen LogP contribution in [-0.2, 0) is 0 Å². The lowest BCUT2D eigenvalue weighted by Gasteiger charge is -2.17. The number of hydrogen-bond acceptors (Lipinski definition) is 4. The van der Waals surface area contributed by atoms with Crippen molar-refractivity contribution in [2.75, 3.05) is 17.7 Å². The molecule has 0 aromatic heterocycles. The fraction of sp³-hybridized carbons (Fsp3) is 0.211. The molecule has 0 aliphatic heterocycles. The predicted octanol–water partition coefficient (Wildman–Crippen LogP) is 3.73. The standard InChI is InChI=1S/C19H24N2O4Si/c1-14(2)26(23,24)11-10-15-6-4-7-16(12-15)20-19(22)21-17-8-5-9-18(13-17)25-3/h4-14,23-24H,1-3H3,(H2,20,21,22). The minimum atomic E-state index is -3.37. The van der Waals surface area contributed by atoms with Crippen LogP contribution in [0.1, 0.15) is 19.4 Å². The molecule has 7 heteroatoms. The molecule has 0 fully saturated rings. The summed E-state index contributed by atoms with van der Waals surface area (Å²) in [5.74, 6) is 0.653. The zero-order valence-electron chi connectivity index (χ0n) is 15.1. The average Bonchev–Trinajstić information content (AvgIpc) is 2.60. The highest BCUT2D eigenvalue weighted by Gasteiger charge is 2.29. The number of rotatable bonds is 6. The van der Waals surface area contributed by atoms with Crippen LogP contribution in [0.25, 0.3) is 6.08 Å². The Labute approximate surface area is 154 Å². The molecular formula is C19H24N2O4Si. The third-order valence-corrected chi connectivity index (χ3v) is 6.20. The Bertz CT molecular complexity index is 791. The molecule has 26 heavy (non-hydrogen) atoms. The zero-order valence-corrected chi connectivity index (χ0v) is 16.1. The molecule has 0 saturated heterocycles. The summed E-state index contributed by atoms with van der Waals surface area (Å²) in [5, 5.41) is 5.48. The van der Waals surface area contributed by atoms with Crippen LogP contribution in [-0.4, -0.2) is 31.3 Å². The summed E-state index contributed by atoms with van der Waals surface area (Å²) < 4.78 is 5.12. The van der Waals surface area contributed by atoms with Crippen LogP contribution in [0, 0.1) is 0 Å². The minimum Gasteiger partial charge on any atom is -0.497 e. The van der Waals surface area contributed by atoms with Gasteiger partial charge in [-0.25, -0.2) is 4.79 Å². The highest BCUT2D eigenvalue weighted by atomic mass is 28.4. The largest absolute Gasteiger partial charge is 0.497 e. The van der Waals surface area contributed by atoms with Crippen LogP contribution < -0.4 is 15.4 Å². The SMILES string of the molecule is COc1cccc(NC(=O)Nc2cccc(C=C[Si](O)(O)C(C)C)c2)c1. The van der Waals surface area contributed by atoms with Gasteiger partial charge < -0.3 is 25.0 Å². The molecule has 138 valence electrons. The van der Waals surface area contributed by atoms with Crippen molar-refractivity contribution >= 4 is 32.0 Å². The summed E-state index contributed by atoms with van der Waals surface area (Å²) in [5.41, 5.74) is 3.25. The molecule has 2 aromatic rings. The summed E-state index contributed by atoms with van der Waals surface area (Å²) in [6, 6.07) is 13.8. The average molecular weight is 372 g/mol. The van der Waals surface area contributed by atoms with Gasteiger partial charge in [-0.2, -0.15) is 0 Å². The van der Waals surface area contributed by atoms with Crippen molar-refractivity contribution in [3.8, 4) is 5.75 Å². The molecule has 0 unspecified atom stereocenters. The number of nitrogens with one attached hydrogen (secondary N) is 2. The molecule has 6 nitrogen and oxygen atoms in total. The predicted molar refractivity (Wildman–Crippen MR) is 106 cm³/mol. The number of methoxy groups -OCH3 is 1. The molecule has 0 aliphatic carbocycles. The maximum absolute atomic E-state index is 12.1. The number of benzene rings is 2. The van der Waals surface area contributed by atoms with Crippen molar-refractivity contribution in [2.45, 2.75) is 19.4 Å². The van der Waals surface area contributed by atoms with Crippen LogP contribution in [0.2, 0.25) is 5.54 Å². The normalized spacial score (nSPS) is 11.6. The van der Waals surface area contributed by atoms with Gasteiger partial charge in [-0.05, 0) is 35.5 Å². The first kappa shape index (κ1) is 19.7. The van der Waals surface area contributed by atoms with Crippen molar-refractivity contribution in [1.29, 1.82) is 0 Å². The van der Waals surface area contributed by atoms with Crippen LogP contribution in [0.5, 0.6) is 5.75 Å². The van der Waals surface area contributed by atoms with Gasteiger partial charge >= 0.3 is 14.6 Å². The second-order valence-electron chi connectivity index (χ2n) is 6.21. The number of carbonyl (C=O) groups excluding carboxylic acids is 1. The van der Waals surface area contributed by atoms with E-state index in [9.17, 15) is 14.4 Å². The molecule has 0 bridgehead atoms. The van der Waals surface area contributed by atoms with Crippen molar-refractivity contribution in [1.82, 2.24) is 0 Å². The van der Waals surface area contributed by atoms with Gasteiger partial charge in [0.15, 0.2) is 0 Å². The van der Waals surface area contributed by atoms with E-state index in [1.807, 2.05) is 6.07 Å². The lowest BCUT2D eigenvalue weighted by molar-refractivity contribution is 0.262. The van der Waals surface area contributed by atoms with Gasteiger partial charge in [0.25, 0.3) is 0 Å². The number of anilines is 2. The Morgan fingerprint density at radius 2 is 1.69 bits per heavy atom. The first-order valence-electron chi connectivity index (χ1n) is 8.26. The van der Waals surface area contributed by atoms with Crippen LogP contribution >= 0.6 is 0 Å². The van der Waals surface area contributed by atoms with Crippen LogP contribution in [0.3, 0.4) is 0 Å². The van der Waals surface area contributed by atoms with E-state index >= 15 is 0 Å². The van der Waals surface area contributed by atoms with Gasteiger partial charge in [-0.15, -0.1) is 0 Å². The summed E-state index contributed by atoms with van der Waals surface area (Å²) in [7, 11) is -1.80. The maximum Gasteiger partial charge on any atom is 0.362 e. The molecule has 2 aromatic carbocycles. The van der Waals surface area contributed by atoms with Crippen LogP contribution in [0.15, 0.2) is 54.2 Å². The highest BCUT2D eigenvalue weighted by Crippen LogP contribution is 2.19. The van der Waals surface area contributed by atoms with Gasteiger partial charge in [0.1, 0.15) is 5.75 Å². The molecule has 0 saturated carbocycles. The third-order valence-electron chi connectivity index (χ3n) is 3.84. The fourth-order valence-electron chi connectivity index (χ4n) is 2.13. The molecule has 2 amide bonds. The number of amides is 2. The van der Waals surface area contributed by atoms with Crippen molar-refractivity contribution < 1.29 is 19.1 Å². The second-order valence-corrected chi connectivity index (χ2v) is 9.26. The Hall–Kier alpha value is -2.61. The monoisotopic (exact) mass is 372 g/mol. The van der Waals surface area contributed by atoms with Crippen LogP contribution in [0.4, 0.5) is 16.2 Å². The number of hydrogen-bond donors (Lipinski definition) is 4. The number of ether oxygens (including phenoxy) is 1. The quantitative estimate of drug-likeness (QED) is 0.582. The first-order chi connectivity index (χ1) is 12.3.